The normalized spacial score (nSPS) is 10.3. The lowest BCUT2D eigenvalue weighted by atomic mass is 10.2. The molecule has 0 unspecified atom stereocenters. The summed E-state index contributed by atoms with van der Waals surface area (Å²) in [6.45, 7) is 4.61. The molecular weight excluding hydrogens is 280 g/mol. The molecule has 6 heteroatoms. The van der Waals surface area contributed by atoms with Gasteiger partial charge in [0, 0.05) is 24.5 Å². The Morgan fingerprint density at radius 1 is 1.09 bits per heavy atom. The Morgan fingerprint density at radius 2 is 1.86 bits per heavy atom. The van der Waals surface area contributed by atoms with E-state index in [1.165, 1.54) is 0 Å². The molecule has 0 saturated heterocycles. The minimum absolute atomic E-state index is 0.0339. The molecule has 22 heavy (non-hydrogen) atoms. The second-order valence-electron chi connectivity index (χ2n) is 4.99. The summed E-state index contributed by atoms with van der Waals surface area (Å²) in [4.78, 5) is 20.1. The summed E-state index contributed by atoms with van der Waals surface area (Å²) in [5, 5.41) is 5.54. The number of nitrogens with one attached hydrogen (secondary N) is 2. The van der Waals surface area contributed by atoms with E-state index in [4.69, 9.17) is 4.74 Å². The van der Waals surface area contributed by atoms with E-state index in [0.717, 1.165) is 11.3 Å². The number of ether oxygens (including phenoxy) is 1. The fourth-order valence-electron chi connectivity index (χ4n) is 1.80. The minimum atomic E-state index is -0.259. The Kier molecular flexibility index (Phi) is 5.71. The highest BCUT2D eigenvalue weighted by atomic mass is 16.5. The predicted octanol–water partition coefficient (Wildman–Crippen LogP) is 2.26. The maximum Gasteiger partial charge on any atom is 0.315 e. The number of carbonyl (C=O) groups excluding carboxylic acids is 1. The average Bonchev–Trinajstić information content (AvgIpc) is 2.52. The van der Waals surface area contributed by atoms with Crippen LogP contribution in [0, 0.1) is 0 Å². The highest BCUT2D eigenvalue weighted by Gasteiger charge is 2.08. The summed E-state index contributed by atoms with van der Waals surface area (Å²) in [6.07, 6.45) is 3.40. The van der Waals surface area contributed by atoms with Crippen LogP contribution < -0.4 is 15.4 Å². The van der Waals surface area contributed by atoms with Gasteiger partial charge in [0.2, 0.25) is 5.88 Å². The maximum atomic E-state index is 11.8. The highest BCUT2D eigenvalue weighted by Crippen LogP contribution is 2.15. The maximum absolute atomic E-state index is 11.8. The van der Waals surface area contributed by atoms with Gasteiger partial charge in [0.05, 0.1) is 18.3 Å². The number of hydrogen-bond acceptors (Lipinski definition) is 4. The Hall–Kier alpha value is -2.63. The Balaban J connectivity index is 1.83. The van der Waals surface area contributed by atoms with Gasteiger partial charge in [0.15, 0.2) is 0 Å². The second-order valence-corrected chi connectivity index (χ2v) is 4.99. The SMILES string of the molecule is CC(C)Oc1ncccc1CNC(=O)NCc1ccccn1. The number of pyridine rings is 2. The van der Waals surface area contributed by atoms with Crippen molar-refractivity contribution in [1.82, 2.24) is 20.6 Å². The van der Waals surface area contributed by atoms with Crippen molar-refractivity contribution < 1.29 is 9.53 Å². The Labute approximate surface area is 129 Å². The Morgan fingerprint density at radius 3 is 2.59 bits per heavy atom. The van der Waals surface area contributed by atoms with E-state index < -0.39 is 0 Å². The summed E-state index contributed by atoms with van der Waals surface area (Å²) < 4.78 is 5.61. The molecule has 0 aromatic carbocycles. The zero-order valence-electron chi connectivity index (χ0n) is 12.7. The first-order valence-electron chi connectivity index (χ1n) is 7.17. The number of amides is 2. The van der Waals surface area contributed by atoms with Crippen LogP contribution in [0.3, 0.4) is 0 Å². The molecule has 2 aromatic rings. The molecule has 0 atom stereocenters. The van der Waals surface area contributed by atoms with Gasteiger partial charge in [-0.1, -0.05) is 12.1 Å². The van der Waals surface area contributed by atoms with Crippen molar-refractivity contribution in [2.75, 3.05) is 0 Å². The van der Waals surface area contributed by atoms with Crippen LogP contribution in [-0.4, -0.2) is 22.1 Å². The number of aromatic nitrogens is 2. The van der Waals surface area contributed by atoms with E-state index in [9.17, 15) is 4.79 Å². The summed E-state index contributed by atoms with van der Waals surface area (Å²) >= 11 is 0. The van der Waals surface area contributed by atoms with Crippen molar-refractivity contribution in [1.29, 1.82) is 0 Å². The van der Waals surface area contributed by atoms with E-state index in [1.807, 2.05) is 44.2 Å². The largest absolute Gasteiger partial charge is 0.475 e. The van der Waals surface area contributed by atoms with Crippen LogP contribution in [-0.2, 0) is 13.1 Å². The quantitative estimate of drug-likeness (QED) is 0.858. The molecule has 0 bridgehead atoms. The zero-order valence-corrected chi connectivity index (χ0v) is 12.7. The number of carbonyl (C=O) groups is 1. The second kappa shape index (κ2) is 7.97. The van der Waals surface area contributed by atoms with Crippen LogP contribution in [0.25, 0.3) is 0 Å². The monoisotopic (exact) mass is 300 g/mol. The molecule has 0 aliphatic heterocycles. The minimum Gasteiger partial charge on any atom is -0.475 e. The van der Waals surface area contributed by atoms with Gasteiger partial charge in [-0.2, -0.15) is 0 Å². The van der Waals surface area contributed by atoms with Crippen molar-refractivity contribution in [3.05, 3.63) is 54.0 Å². The van der Waals surface area contributed by atoms with Gasteiger partial charge in [-0.3, -0.25) is 4.98 Å². The van der Waals surface area contributed by atoms with Crippen LogP contribution in [0.1, 0.15) is 25.1 Å². The van der Waals surface area contributed by atoms with Crippen molar-refractivity contribution >= 4 is 6.03 Å². The average molecular weight is 300 g/mol. The van der Waals surface area contributed by atoms with Gasteiger partial charge in [-0.25, -0.2) is 9.78 Å². The third kappa shape index (κ3) is 5.05. The van der Waals surface area contributed by atoms with Crippen LogP contribution in [0.4, 0.5) is 4.79 Å². The number of urea groups is 1. The molecular formula is C16H20N4O2. The molecule has 0 aliphatic rings. The molecule has 0 fully saturated rings. The van der Waals surface area contributed by atoms with E-state index in [-0.39, 0.29) is 12.1 Å². The van der Waals surface area contributed by atoms with Crippen molar-refractivity contribution in [3.8, 4) is 5.88 Å². The predicted molar refractivity (Wildman–Crippen MR) is 83.3 cm³/mol. The van der Waals surface area contributed by atoms with Gasteiger partial charge in [-0.05, 0) is 32.0 Å². The standard InChI is InChI=1S/C16H20N4O2/c1-12(2)22-15-13(6-5-9-18-15)10-19-16(21)20-11-14-7-3-4-8-17-14/h3-9,12H,10-11H2,1-2H3,(H2,19,20,21). The van der Waals surface area contributed by atoms with Crippen LogP contribution >= 0.6 is 0 Å². The first-order chi connectivity index (χ1) is 10.6. The van der Waals surface area contributed by atoms with Crippen LogP contribution in [0.15, 0.2) is 42.7 Å². The van der Waals surface area contributed by atoms with Gasteiger partial charge in [-0.15, -0.1) is 0 Å². The summed E-state index contributed by atoms with van der Waals surface area (Å²) in [5.74, 6) is 0.544. The molecule has 0 saturated carbocycles. The molecule has 0 aliphatic carbocycles. The molecule has 2 N–H and O–H groups in total. The number of nitrogens with zero attached hydrogens (tertiary/aromatic N) is 2. The smallest absolute Gasteiger partial charge is 0.315 e. The molecule has 0 spiro atoms. The summed E-state index contributed by atoms with van der Waals surface area (Å²) in [6, 6.07) is 9.01. The highest BCUT2D eigenvalue weighted by molar-refractivity contribution is 5.73. The zero-order chi connectivity index (χ0) is 15.8. The first kappa shape index (κ1) is 15.8. The molecule has 2 heterocycles. The lowest BCUT2D eigenvalue weighted by Gasteiger charge is -2.13. The molecule has 2 amide bonds. The molecule has 2 rings (SSSR count). The lowest BCUT2D eigenvalue weighted by molar-refractivity contribution is 0.228. The van der Waals surface area contributed by atoms with Crippen LogP contribution in [0.5, 0.6) is 5.88 Å². The fourth-order valence-corrected chi connectivity index (χ4v) is 1.80. The van der Waals surface area contributed by atoms with Gasteiger partial charge < -0.3 is 15.4 Å². The van der Waals surface area contributed by atoms with Crippen molar-refractivity contribution in [3.63, 3.8) is 0 Å². The van der Waals surface area contributed by atoms with Gasteiger partial charge >= 0.3 is 6.03 Å². The number of hydrogen-bond donors (Lipinski definition) is 2. The third-order valence-corrected chi connectivity index (χ3v) is 2.79. The summed E-state index contributed by atoms with van der Waals surface area (Å²) in [7, 11) is 0. The number of rotatable bonds is 6. The fraction of sp³-hybridized carbons (Fsp3) is 0.312. The lowest BCUT2D eigenvalue weighted by Crippen LogP contribution is -2.34. The van der Waals surface area contributed by atoms with Crippen LogP contribution in [0.2, 0.25) is 0 Å². The van der Waals surface area contributed by atoms with Crippen molar-refractivity contribution in [2.45, 2.75) is 33.0 Å². The van der Waals surface area contributed by atoms with E-state index in [2.05, 4.69) is 20.6 Å². The van der Waals surface area contributed by atoms with E-state index >= 15 is 0 Å². The van der Waals surface area contributed by atoms with Gasteiger partial charge in [0.25, 0.3) is 0 Å². The third-order valence-electron chi connectivity index (χ3n) is 2.79. The molecule has 116 valence electrons. The Bertz CT molecular complexity index is 602. The molecule has 6 nitrogen and oxygen atoms in total. The van der Waals surface area contributed by atoms with E-state index in [1.54, 1.807) is 12.4 Å². The molecule has 0 radical (unpaired) electrons. The first-order valence-corrected chi connectivity index (χ1v) is 7.17. The van der Waals surface area contributed by atoms with E-state index in [0.29, 0.717) is 19.0 Å². The van der Waals surface area contributed by atoms with Gasteiger partial charge in [0.1, 0.15) is 0 Å². The topological polar surface area (TPSA) is 76.1 Å². The van der Waals surface area contributed by atoms with Crippen molar-refractivity contribution in [2.24, 2.45) is 0 Å². The summed E-state index contributed by atoms with van der Waals surface area (Å²) in [5.41, 5.74) is 1.65. The molecule has 2 aromatic heterocycles.